The lowest BCUT2D eigenvalue weighted by Crippen LogP contribution is -2.33. The molecule has 0 aliphatic carbocycles. The second-order valence-electron chi connectivity index (χ2n) is 9.43. The molecule has 0 bridgehead atoms. The van der Waals surface area contributed by atoms with E-state index in [1.165, 1.54) is 17.7 Å². The van der Waals surface area contributed by atoms with E-state index in [9.17, 15) is 9.18 Å². The summed E-state index contributed by atoms with van der Waals surface area (Å²) in [6, 6.07) is 22.1. The van der Waals surface area contributed by atoms with Gasteiger partial charge in [-0.2, -0.15) is 0 Å². The van der Waals surface area contributed by atoms with Crippen molar-refractivity contribution in [1.29, 1.82) is 0 Å². The minimum atomic E-state index is -0.370. The molecule has 1 saturated heterocycles. The van der Waals surface area contributed by atoms with E-state index in [1.807, 2.05) is 17.5 Å². The number of thiazole rings is 1. The van der Waals surface area contributed by atoms with E-state index in [1.54, 1.807) is 29.5 Å². The zero-order chi connectivity index (χ0) is 25.6. The van der Waals surface area contributed by atoms with Crippen molar-refractivity contribution in [2.75, 3.05) is 25.0 Å². The minimum Gasteiger partial charge on any atom is -0.320 e. The summed E-state index contributed by atoms with van der Waals surface area (Å²) in [6.07, 6.45) is 4.38. The average molecular weight is 534 g/mol. The van der Waals surface area contributed by atoms with Crippen LogP contribution in [-0.4, -0.2) is 35.4 Å². The monoisotopic (exact) mass is 533 g/mol. The highest BCUT2D eigenvalue weighted by Crippen LogP contribution is 2.32. The number of hydrogen-bond donors (Lipinski definition) is 1. The molecule has 1 aliphatic rings. The van der Waals surface area contributed by atoms with E-state index in [2.05, 4.69) is 45.5 Å². The summed E-state index contributed by atoms with van der Waals surface area (Å²) in [7, 11) is 0. The van der Waals surface area contributed by atoms with Gasteiger partial charge in [0.1, 0.15) is 11.5 Å². The molecule has 0 unspecified atom stereocenters. The van der Waals surface area contributed by atoms with Crippen molar-refractivity contribution < 1.29 is 9.18 Å². The van der Waals surface area contributed by atoms with E-state index in [0.717, 1.165) is 55.9 Å². The number of hydrogen-bond acceptors (Lipinski definition) is 4. The van der Waals surface area contributed by atoms with E-state index >= 15 is 0 Å². The lowest BCUT2D eigenvalue weighted by atomic mass is 9.97. The Labute approximate surface area is 226 Å². The minimum absolute atomic E-state index is 0.289. The molecule has 4 nitrogen and oxygen atoms in total. The van der Waals surface area contributed by atoms with Gasteiger partial charge >= 0.3 is 0 Å². The van der Waals surface area contributed by atoms with Gasteiger partial charge in [-0.1, -0.05) is 54.1 Å². The molecule has 1 N–H and O–H groups in total. The number of aryl methyl sites for hydroxylation is 1. The molecule has 0 spiro atoms. The fourth-order valence-electron chi connectivity index (χ4n) is 4.81. The normalized spacial score (nSPS) is 14.5. The Kier molecular flexibility index (Phi) is 8.29. The summed E-state index contributed by atoms with van der Waals surface area (Å²) < 4.78 is 14.0. The Bertz CT molecular complexity index is 1330. The number of aromatic nitrogens is 1. The lowest BCUT2D eigenvalue weighted by Gasteiger charge is -2.31. The van der Waals surface area contributed by atoms with Crippen molar-refractivity contribution in [1.82, 2.24) is 9.88 Å². The number of anilines is 1. The third-order valence-electron chi connectivity index (χ3n) is 6.86. The van der Waals surface area contributed by atoms with Gasteiger partial charge in [-0.3, -0.25) is 4.79 Å². The SMILES string of the molecule is O=C(Nc1ccc(F)cc1-c1ccc(Cl)cc1)c1csc(C2CCN(CCCc3ccccc3)CC2)n1. The smallest absolute Gasteiger partial charge is 0.275 e. The predicted octanol–water partition coefficient (Wildman–Crippen LogP) is 7.67. The molecule has 1 aliphatic heterocycles. The van der Waals surface area contributed by atoms with Crippen LogP contribution in [0.3, 0.4) is 0 Å². The van der Waals surface area contributed by atoms with Crippen LogP contribution in [0, 0.1) is 5.82 Å². The molecule has 0 atom stereocenters. The third kappa shape index (κ3) is 6.63. The van der Waals surface area contributed by atoms with Crippen molar-refractivity contribution in [3.63, 3.8) is 0 Å². The number of rotatable bonds is 8. The molecule has 1 amide bonds. The summed E-state index contributed by atoms with van der Waals surface area (Å²) >= 11 is 7.55. The van der Waals surface area contributed by atoms with Gasteiger partial charge in [-0.15, -0.1) is 11.3 Å². The maximum absolute atomic E-state index is 14.0. The van der Waals surface area contributed by atoms with E-state index in [0.29, 0.717) is 27.9 Å². The van der Waals surface area contributed by atoms with E-state index in [4.69, 9.17) is 11.6 Å². The lowest BCUT2D eigenvalue weighted by molar-refractivity contribution is 0.102. The first-order valence-corrected chi connectivity index (χ1v) is 13.9. The summed E-state index contributed by atoms with van der Waals surface area (Å²) in [5.41, 5.74) is 3.70. The molecule has 2 heterocycles. The largest absolute Gasteiger partial charge is 0.320 e. The second-order valence-corrected chi connectivity index (χ2v) is 10.8. The standard InChI is InChI=1S/C30H29ClFN3OS/c31-24-10-8-22(9-11-24)26-19-25(32)12-13-27(26)33-29(36)28-20-37-30(34-28)23-14-17-35(18-15-23)16-4-7-21-5-2-1-3-6-21/h1-3,5-6,8-13,19-20,23H,4,7,14-18H2,(H,33,36). The number of amides is 1. The van der Waals surface area contributed by atoms with Crippen molar-refractivity contribution in [3.8, 4) is 11.1 Å². The molecule has 190 valence electrons. The molecule has 0 saturated carbocycles. The summed E-state index contributed by atoms with van der Waals surface area (Å²) in [6.45, 7) is 3.22. The van der Waals surface area contributed by atoms with Crippen LogP contribution in [-0.2, 0) is 6.42 Å². The highest BCUT2D eigenvalue weighted by Gasteiger charge is 2.24. The molecule has 1 aromatic heterocycles. The Morgan fingerprint density at radius 1 is 1.05 bits per heavy atom. The quantitative estimate of drug-likeness (QED) is 0.253. The first-order valence-electron chi connectivity index (χ1n) is 12.6. The molecular weight excluding hydrogens is 505 g/mol. The Morgan fingerprint density at radius 2 is 1.81 bits per heavy atom. The number of benzene rings is 3. The fourth-order valence-corrected chi connectivity index (χ4v) is 5.91. The van der Waals surface area contributed by atoms with Gasteiger partial charge in [0.05, 0.1) is 5.01 Å². The summed E-state index contributed by atoms with van der Waals surface area (Å²) in [4.78, 5) is 20.3. The Morgan fingerprint density at radius 3 is 2.57 bits per heavy atom. The predicted molar refractivity (Wildman–Crippen MR) is 150 cm³/mol. The van der Waals surface area contributed by atoms with Gasteiger partial charge in [0.25, 0.3) is 5.91 Å². The van der Waals surface area contributed by atoms with Crippen LogP contribution in [0.1, 0.15) is 46.2 Å². The van der Waals surface area contributed by atoms with Crippen molar-refractivity contribution >= 4 is 34.5 Å². The highest BCUT2D eigenvalue weighted by molar-refractivity contribution is 7.10. The summed E-state index contributed by atoms with van der Waals surface area (Å²) in [5.74, 6) is -0.277. The zero-order valence-electron chi connectivity index (χ0n) is 20.5. The van der Waals surface area contributed by atoms with Gasteiger partial charge < -0.3 is 10.2 Å². The fraction of sp³-hybridized carbons (Fsp3) is 0.267. The van der Waals surface area contributed by atoms with Crippen LogP contribution in [0.25, 0.3) is 11.1 Å². The van der Waals surface area contributed by atoms with Crippen LogP contribution < -0.4 is 5.32 Å². The van der Waals surface area contributed by atoms with E-state index < -0.39 is 0 Å². The third-order valence-corrected chi connectivity index (χ3v) is 8.12. The van der Waals surface area contributed by atoms with Crippen LogP contribution in [0.4, 0.5) is 10.1 Å². The maximum atomic E-state index is 14.0. The van der Waals surface area contributed by atoms with Gasteiger partial charge in [0.2, 0.25) is 0 Å². The number of nitrogens with one attached hydrogen (secondary N) is 1. The van der Waals surface area contributed by atoms with Crippen molar-refractivity contribution in [3.05, 3.63) is 105 Å². The van der Waals surface area contributed by atoms with Crippen LogP contribution in [0.5, 0.6) is 0 Å². The maximum Gasteiger partial charge on any atom is 0.275 e. The molecule has 0 radical (unpaired) electrons. The molecule has 4 aromatic rings. The van der Waals surface area contributed by atoms with Gasteiger partial charge in [0.15, 0.2) is 0 Å². The van der Waals surface area contributed by atoms with E-state index in [-0.39, 0.29) is 11.7 Å². The van der Waals surface area contributed by atoms with Crippen molar-refractivity contribution in [2.45, 2.75) is 31.6 Å². The number of piperidine rings is 1. The number of likely N-dealkylation sites (tertiary alicyclic amines) is 1. The van der Waals surface area contributed by atoms with Gasteiger partial charge in [0, 0.05) is 27.6 Å². The summed E-state index contributed by atoms with van der Waals surface area (Å²) in [5, 5.41) is 6.36. The Balaban J connectivity index is 1.17. The van der Waals surface area contributed by atoms with Gasteiger partial charge in [-0.05, 0) is 86.8 Å². The molecule has 5 rings (SSSR count). The number of carbonyl (C=O) groups excluding carboxylic acids is 1. The molecule has 1 fully saturated rings. The average Bonchev–Trinajstić information content (AvgIpc) is 3.42. The second kappa shape index (κ2) is 12.0. The molecule has 7 heteroatoms. The zero-order valence-corrected chi connectivity index (χ0v) is 22.1. The van der Waals surface area contributed by atoms with Crippen LogP contribution in [0.15, 0.2) is 78.2 Å². The number of nitrogens with zero attached hydrogens (tertiary/aromatic N) is 2. The van der Waals surface area contributed by atoms with Crippen molar-refractivity contribution in [2.24, 2.45) is 0 Å². The van der Waals surface area contributed by atoms with Gasteiger partial charge in [-0.25, -0.2) is 9.37 Å². The highest BCUT2D eigenvalue weighted by atomic mass is 35.5. The number of carbonyl (C=O) groups is 1. The first kappa shape index (κ1) is 25.6. The number of halogens is 2. The molecule has 3 aromatic carbocycles. The molecule has 37 heavy (non-hydrogen) atoms. The topological polar surface area (TPSA) is 45.2 Å². The Hall–Kier alpha value is -3.06. The van der Waals surface area contributed by atoms with Crippen LogP contribution >= 0.6 is 22.9 Å². The molecular formula is C30H29ClFN3OS. The van der Waals surface area contributed by atoms with Crippen LogP contribution in [0.2, 0.25) is 5.02 Å². The first-order chi connectivity index (χ1) is 18.0.